The van der Waals surface area contributed by atoms with Crippen LogP contribution in [0.2, 0.25) is 0 Å². The molecular formula is C27H35ClN2O5. The second kappa shape index (κ2) is 11.0. The SMILES string of the molecule is C[C@H](NC(=O)C1(NCCOc2ccccc2)C2CCCOC2C1(C)C)c1ccc(C(=O)O)cc1.Cl. The molecule has 0 radical (unpaired) electrons. The van der Waals surface area contributed by atoms with Gasteiger partial charge in [-0.25, -0.2) is 4.79 Å². The molecule has 2 aromatic carbocycles. The molecule has 1 saturated heterocycles. The Balaban J connectivity index is 0.00000342. The smallest absolute Gasteiger partial charge is 0.335 e. The molecule has 1 saturated carbocycles. The van der Waals surface area contributed by atoms with E-state index in [0.29, 0.717) is 13.2 Å². The van der Waals surface area contributed by atoms with Crippen LogP contribution in [-0.2, 0) is 9.53 Å². The van der Waals surface area contributed by atoms with Crippen molar-refractivity contribution in [2.45, 2.75) is 51.3 Å². The fraction of sp³-hybridized carbons (Fsp3) is 0.481. The Morgan fingerprint density at radius 3 is 2.49 bits per heavy atom. The van der Waals surface area contributed by atoms with Crippen LogP contribution in [0.3, 0.4) is 0 Å². The highest BCUT2D eigenvalue weighted by atomic mass is 35.5. The lowest BCUT2D eigenvalue weighted by molar-refractivity contribution is -0.235. The van der Waals surface area contributed by atoms with Gasteiger partial charge in [0, 0.05) is 24.5 Å². The summed E-state index contributed by atoms with van der Waals surface area (Å²) >= 11 is 0. The Morgan fingerprint density at radius 2 is 1.83 bits per heavy atom. The topological polar surface area (TPSA) is 96.9 Å². The maximum absolute atomic E-state index is 13.9. The summed E-state index contributed by atoms with van der Waals surface area (Å²) < 4.78 is 12.0. The van der Waals surface area contributed by atoms with E-state index in [1.54, 1.807) is 24.3 Å². The van der Waals surface area contributed by atoms with E-state index in [1.807, 2.05) is 37.3 Å². The highest BCUT2D eigenvalue weighted by Crippen LogP contribution is 2.59. The lowest BCUT2D eigenvalue weighted by Crippen LogP contribution is -2.83. The summed E-state index contributed by atoms with van der Waals surface area (Å²) in [6.07, 6.45) is 1.89. The first-order valence-electron chi connectivity index (χ1n) is 12.0. The van der Waals surface area contributed by atoms with E-state index < -0.39 is 16.9 Å². The zero-order chi connectivity index (χ0) is 24.3. The van der Waals surface area contributed by atoms with E-state index in [0.717, 1.165) is 30.8 Å². The van der Waals surface area contributed by atoms with Crippen molar-refractivity contribution in [3.63, 3.8) is 0 Å². The summed E-state index contributed by atoms with van der Waals surface area (Å²) in [6.45, 7) is 7.80. The minimum Gasteiger partial charge on any atom is -0.492 e. The number of para-hydroxylation sites is 1. The largest absolute Gasteiger partial charge is 0.492 e. The van der Waals surface area contributed by atoms with Gasteiger partial charge in [-0.3, -0.25) is 10.1 Å². The average molecular weight is 503 g/mol. The molecule has 7 nitrogen and oxygen atoms in total. The zero-order valence-electron chi connectivity index (χ0n) is 20.5. The normalized spacial score (nSPS) is 25.2. The third-order valence-electron chi connectivity index (χ3n) is 7.49. The first-order valence-corrected chi connectivity index (χ1v) is 12.0. The zero-order valence-corrected chi connectivity index (χ0v) is 21.3. The predicted molar refractivity (Wildman–Crippen MR) is 136 cm³/mol. The van der Waals surface area contributed by atoms with E-state index in [9.17, 15) is 9.59 Å². The van der Waals surface area contributed by atoms with Gasteiger partial charge in [-0.15, -0.1) is 12.4 Å². The van der Waals surface area contributed by atoms with Crippen LogP contribution in [0.1, 0.15) is 55.6 Å². The molecule has 1 aliphatic carbocycles. The third kappa shape index (κ3) is 5.03. The molecule has 1 aliphatic heterocycles. The van der Waals surface area contributed by atoms with Crippen LogP contribution in [-0.4, -0.2) is 48.4 Å². The van der Waals surface area contributed by atoms with Crippen molar-refractivity contribution in [3.8, 4) is 5.75 Å². The van der Waals surface area contributed by atoms with Crippen molar-refractivity contribution >= 4 is 24.3 Å². The molecule has 8 heteroatoms. The lowest BCUT2D eigenvalue weighted by Gasteiger charge is -2.67. The van der Waals surface area contributed by atoms with Crippen molar-refractivity contribution in [1.82, 2.24) is 10.6 Å². The van der Waals surface area contributed by atoms with Gasteiger partial charge in [0.05, 0.1) is 17.7 Å². The molecule has 0 aromatic heterocycles. The summed E-state index contributed by atoms with van der Waals surface area (Å²) in [6, 6.07) is 16.0. The van der Waals surface area contributed by atoms with Gasteiger partial charge >= 0.3 is 5.97 Å². The molecule has 3 N–H and O–H groups in total. The van der Waals surface area contributed by atoms with Crippen LogP contribution in [0.15, 0.2) is 54.6 Å². The van der Waals surface area contributed by atoms with Crippen LogP contribution in [0.5, 0.6) is 5.75 Å². The maximum Gasteiger partial charge on any atom is 0.335 e. The van der Waals surface area contributed by atoms with Crippen molar-refractivity contribution < 1.29 is 24.2 Å². The Hall–Kier alpha value is -2.61. The molecule has 4 rings (SSSR count). The van der Waals surface area contributed by atoms with Crippen LogP contribution < -0.4 is 15.4 Å². The van der Waals surface area contributed by atoms with E-state index >= 15 is 0 Å². The molecule has 3 unspecified atom stereocenters. The number of carboxylic acid groups (broad SMARTS) is 1. The Kier molecular flexibility index (Phi) is 8.46. The van der Waals surface area contributed by atoms with Gasteiger partial charge in [0.25, 0.3) is 0 Å². The molecule has 2 fully saturated rings. The summed E-state index contributed by atoms with van der Waals surface area (Å²) in [5.41, 5.74) is -0.106. The van der Waals surface area contributed by atoms with Crippen LogP contribution in [0.25, 0.3) is 0 Å². The van der Waals surface area contributed by atoms with E-state index in [2.05, 4.69) is 24.5 Å². The fourth-order valence-corrected chi connectivity index (χ4v) is 5.68. The molecule has 1 heterocycles. The number of rotatable bonds is 9. The highest BCUT2D eigenvalue weighted by molar-refractivity contribution is 5.90. The average Bonchev–Trinajstić information content (AvgIpc) is 2.84. The molecule has 0 spiro atoms. The summed E-state index contributed by atoms with van der Waals surface area (Å²) in [5, 5.41) is 15.9. The second-order valence-electron chi connectivity index (χ2n) is 9.78. The number of amides is 1. The van der Waals surface area contributed by atoms with Crippen molar-refractivity contribution in [3.05, 3.63) is 65.7 Å². The number of carboxylic acids is 1. The molecular weight excluding hydrogens is 468 g/mol. The number of nitrogens with one attached hydrogen (secondary N) is 2. The van der Waals surface area contributed by atoms with Gasteiger partial charge in [-0.1, -0.05) is 44.2 Å². The van der Waals surface area contributed by atoms with E-state index in [4.69, 9.17) is 14.6 Å². The van der Waals surface area contributed by atoms with Gasteiger partial charge in [-0.2, -0.15) is 0 Å². The van der Waals surface area contributed by atoms with Crippen molar-refractivity contribution in [2.75, 3.05) is 19.8 Å². The number of benzene rings is 2. The number of carbonyl (C=O) groups is 2. The first-order chi connectivity index (χ1) is 16.3. The van der Waals surface area contributed by atoms with E-state index in [-0.39, 0.29) is 41.9 Å². The number of fused-ring (bicyclic) bond motifs is 1. The number of hydrogen-bond acceptors (Lipinski definition) is 5. The lowest BCUT2D eigenvalue weighted by atomic mass is 9.45. The standard InChI is InChI=1S/C27H34N2O5.ClH/c1-18(19-11-13-20(14-12-19)24(30)31)29-25(32)27(22-10-7-16-34-23(22)26(27,2)3)28-15-17-33-21-8-5-4-6-9-21;/h4-6,8-9,11-14,18,22-23,28H,7,10,15-17H2,1-3H3,(H,29,32)(H,30,31);1H/t18-,22?,23?,27?;/m0./s1. The highest BCUT2D eigenvalue weighted by Gasteiger charge is 2.71. The Labute approximate surface area is 213 Å². The van der Waals surface area contributed by atoms with Gasteiger partial charge < -0.3 is 19.9 Å². The van der Waals surface area contributed by atoms with Crippen molar-refractivity contribution in [2.24, 2.45) is 11.3 Å². The van der Waals surface area contributed by atoms with Gasteiger partial charge in [0.1, 0.15) is 17.9 Å². The first kappa shape index (κ1) is 27.0. The molecule has 190 valence electrons. The van der Waals surface area contributed by atoms with Gasteiger partial charge in [0.2, 0.25) is 5.91 Å². The van der Waals surface area contributed by atoms with Crippen LogP contribution >= 0.6 is 12.4 Å². The Morgan fingerprint density at radius 1 is 1.14 bits per heavy atom. The molecule has 35 heavy (non-hydrogen) atoms. The van der Waals surface area contributed by atoms with Crippen LogP contribution in [0.4, 0.5) is 0 Å². The van der Waals surface area contributed by atoms with Crippen molar-refractivity contribution in [1.29, 1.82) is 0 Å². The molecule has 2 aliphatic rings. The fourth-order valence-electron chi connectivity index (χ4n) is 5.68. The molecule has 2 aromatic rings. The minimum absolute atomic E-state index is 0. The number of ether oxygens (including phenoxy) is 2. The quantitative estimate of drug-likeness (QED) is 0.444. The predicted octanol–water partition coefficient (Wildman–Crippen LogP) is 4.23. The number of halogens is 1. The molecule has 0 bridgehead atoms. The number of hydrogen-bond donors (Lipinski definition) is 3. The minimum atomic E-state index is -0.969. The monoisotopic (exact) mass is 502 g/mol. The number of carbonyl (C=O) groups excluding carboxylic acids is 1. The number of aromatic carboxylic acids is 1. The molecule has 4 atom stereocenters. The maximum atomic E-state index is 13.9. The van der Waals surface area contributed by atoms with Gasteiger partial charge in [-0.05, 0) is 49.6 Å². The van der Waals surface area contributed by atoms with Crippen LogP contribution in [0, 0.1) is 11.3 Å². The Bertz CT molecular complexity index is 1010. The second-order valence-corrected chi connectivity index (χ2v) is 9.78. The van der Waals surface area contributed by atoms with E-state index in [1.165, 1.54) is 0 Å². The summed E-state index contributed by atoms with van der Waals surface area (Å²) in [5.74, 6) is -0.148. The summed E-state index contributed by atoms with van der Waals surface area (Å²) in [4.78, 5) is 25.0. The molecule has 1 amide bonds. The third-order valence-corrected chi connectivity index (χ3v) is 7.49. The summed E-state index contributed by atoms with van der Waals surface area (Å²) in [7, 11) is 0. The van der Waals surface area contributed by atoms with Gasteiger partial charge in [0.15, 0.2) is 0 Å².